The van der Waals surface area contributed by atoms with Gasteiger partial charge >= 0.3 is 11.9 Å². The van der Waals surface area contributed by atoms with E-state index in [1.54, 1.807) is 27.7 Å². The van der Waals surface area contributed by atoms with Crippen LogP contribution in [0.3, 0.4) is 0 Å². The summed E-state index contributed by atoms with van der Waals surface area (Å²) in [5.41, 5.74) is 5.45. The average Bonchev–Trinajstić information content (AvgIpc) is 3.06. The predicted molar refractivity (Wildman–Crippen MR) is 176 cm³/mol. The standard InChI is InChI=1S/C35H47N5O7/c1-6-30(41)46-26-11-8-7-10-24-13-14-25-15-17-27(38-29(25)20-24)22(4)36-33(43)28-12-9-19-40(39-28)35(45)23(5)37-34(44)32(21(2)3)47-31(42)18-16-26/h7,10,13-15,17,20-23,26,28,32,39H,6,8-9,11-12,16,18-19H2,1-5H3,(H,36,43)(H,37,44)/b10-7+/t22-,23+,26+,28+,32+/m1/s1. The molecular weight excluding hydrogens is 602 g/mol. The first-order valence-corrected chi connectivity index (χ1v) is 16.6. The summed E-state index contributed by atoms with van der Waals surface area (Å²) in [5.74, 6) is -2.58. The van der Waals surface area contributed by atoms with Crippen LogP contribution in [0, 0.1) is 5.92 Å². The SMILES string of the molecule is CCC(=O)O[C@H]1CC/C=C/c2ccc3ccc(nc3c2)[C@@H](C)NC(=O)[C@@H]2CCCN(N2)C(=O)[C@H](C)NC(=O)[C@H](C(C)C)OC(=O)CC1. The summed E-state index contributed by atoms with van der Waals surface area (Å²) in [6, 6.07) is 7.84. The lowest BCUT2D eigenvalue weighted by atomic mass is 10.0. The predicted octanol–water partition coefficient (Wildman–Crippen LogP) is 3.89. The lowest BCUT2D eigenvalue weighted by Crippen LogP contribution is -2.61. The minimum Gasteiger partial charge on any atom is -0.462 e. The first kappa shape index (κ1) is 35.5. The molecule has 5 bridgehead atoms. The molecule has 0 aliphatic carbocycles. The number of esters is 2. The third-order valence-corrected chi connectivity index (χ3v) is 8.38. The summed E-state index contributed by atoms with van der Waals surface area (Å²) in [4.78, 5) is 69.6. The fourth-order valence-electron chi connectivity index (χ4n) is 5.61. The Morgan fingerprint density at radius 2 is 1.77 bits per heavy atom. The van der Waals surface area contributed by atoms with Crippen molar-refractivity contribution in [3.05, 3.63) is 47.7 Å². The third kappa shape index (κ3) is 9.84. The number of nitrogens with one attached hydrogen (secondary N) is 3. The Morgan fingerprint density at radius 3 is 2.51 bits per heavy atom. The van der Waals surface area contributed by atoms with E-state index in [1.807, 2.05) is 49.4 Å². The molecule has 1 aromatic heterocycles. The van der Waals surface area contributed by atoms with Gasteiger partial charge in [0.2, 0.25) is 5.91 Å². The monoisotopic (exact) mass is 649 g/mol. The number of allylic oxidation sites excluding steroid dienone is 1. The normalized spacial score (nSPS) is 26.3. The summed E-state index contributed by atoms with van der Waals surface area (Å²) in [6.07, 6.45) is 4.98. The highest BCUT2D eigenvalue weighted by molar-refractivity contribution is 5.91. The number of amides is 3. The number of rotatable bonds is 3. The van der Waals surface area contributed by atoms with Crippen LogP contribution < -0.4 is 16.1 Å². The zero-order valence-corrected chi connectivity index (χ0v) is 27.9. The molecule has 1 fully saturated rings. The van der Waals surface area contributed by atoms with E-state index in [1.165, 1.54) is 5.01 Å². The van der Waals surface area contributed by atoms with Gasteiger partial charge in [0.05, 0.1) is 17.3 Å². The minimum absolute atomic E-state index is 0.0470. The van der Waals surface area contributed by atoms with Crippen molar-refractivity contribution in [1.29, 1.82) is 0 Å². The van der Waals surface area contributed by atoms with Crippen LogP contribution in [0.15, 0.2) is 36.4 Å². The molecule has 0 saturated carbocycles. The minimum atomic E-state index is -1.12. The van der Waals surface area contributed by atoms with Gasteiger partial charge in [-0.25, -0.2) is 5.43 Å². The number of pyridine rings is 1. The Balaban J connectivity index is 1.59. The summed E-state index contributed by atoms with van der Waals surface area (Å²) >= 11 is 0. The number of cyclic esters (lactones) is 1. The Kier molecular flexibility index (Phi) is 12.5. The van der Waals surface area contributed by atoms with Crippen molar-refractivity contribution in [2.75, 3.05) is 6.54 Å². The first-order chi connectivity index (χ1) is 22.4. The number of nitrogens with zero attached hydrogens (tertiary/aromatic N) is 2. The molecule has 12 nitrogen and oxygen atoms in total. The summed E-state index contributed by atoms with van der Waals surface area (Å²) in [5, 5.41) is 8.02. The molecule has 0 spiro atoms. The first-order valence-electron chi connectivity index (χ1n) is 16.6. The molecule has 4 rings (SSSR count). The third-order valence-electron chi connectivity index (χ3n) is 8.38. The van der Waals surface area contributed by atoms with Crippen LogP contribution in [0.5, 0.6) is 0 Å². The van der Waals surface area contributed by atoms with E-state index >= 15 is 0 Å². The molecule has 0 unspecified atom stereocenters. The summed E-state index contributed by atoms with van der Waals surface area (Å²) in [6.45, 7) is 9.00. The maximum Gasteiger partial charge on any atom is 0.306 e. The van der Waals surface area contributed by atoms with Gasteiger partial charge in [0.15, 0.2) is 6.10 Å². The Labute approximate surface area is 276 Å². The molecule has 2 aromatic rings. The van der Waals surface area contributed by atoms with Crippen molar-refractivity contribution in [2.45, 2.75) is 110 Å². The highest BCUT2D eigenvalue weighted by Gasteiger charge is 2.34. The van der Waals surface area contributed by atoms with Crippen molar-refractivity contribution >= 4 is 46.6 Å². The highest BCUT2D eigenvalue weighted by atomic mass is 16.6. The number of fused-ring (bicyclic) bond motifs is 4. The number of hydrazine groups is 1. The van der Waals surface area contributed by atoms with Gasteiger partial charge in [0.25, 0.3) is 11.8 Å². The largest absolute Gasteiger partial charge is 0.462 e. The second-order valence-corrected chi connectivity index (χ2v) is 12.6. The number of hydrogen-bond acceptors (Lipinski definition) is 9. The van der Waals surface area contributed by atoms with Crippen LogP contribution >= 0.6 is 0 Å². The van der Waals surface area contributed by atoms with E-state index in [-0.39, 0.29) is 43.1 Å². The summed E-state index contributed by atoms with van der Waals surface area (Å²) in [7, 11) is 0. The van der Waals surface area contributed by atoms with Crippen molar-refractivity contribution in [2.24, 2.45) is 5.92 Å². The molecule has 5 atom stereocenters. The van der Waals surface area contributed by atoms with Gasteiger partial charge in [-0.05, 0) is 69.6 Å². The zero-order chi connectivity index (χ0) is 34.1. The van der Waals surface area contributed by atoms with Gasteiger partial charge in [-0.2, -0.15) is 0 Å². The van der Waals surface area contributed by atoms with E-state index in [9.17, 15) is 24.0 Å². The van der Waals surface area contributed by atoms with E-state index in [2.05, 4.69) is 16.1 Å². The molecule has 2 aliphatic heterocycles. The van der Waals surface area contributed by atoms with Crippen LogP contribution in [0.1, 0.15) is 96.9 Å². The van der Waals surface area contributed by atoms with Gasteiger partial charge in [-0.1, -0.05) is 51.1 Å². The van der Waals surface area contributed by atoms with Crippen LogP contribution in [0.2, 0.25) is 0 Å². The maximum atomic E-state index is 13.3. The molecule has 254 valence electrons. The van der Waals surface area contributed by atoms with Crippen LogP contribution in [-0.2, 0) is 33.4 Å². The smallest absolute Gasteiger partial charge is 0.306 e. The molecule has 47 heavy (non-hydrogen) atoms. The molecule has 0 radical (unpaired) electrons. The Bertz CT molecular complexity index is 1490. The lowest BCUT2D eigenvalue weighted by molar-refractivity contribution is -0.161. The molecular formula is C35H47N5O7. The van der Waals surface area contributed by atoms with E-state index in [0.717, 1.165) is 16.5 Å². The molecule has 12 heteroatoms. The van der Waals surface area contributed by atoms with Gasteiger partial charge < -0.3 is 20.1 Å². The lowest BCUT2D eigenvalue weighted by Gasteiger charge is -2.35. The van der Waals surface area contributed by atoms with Crippen LogP contribution in [-0.4, -0.2) is 70.5 Å². The fraction of sp³-hybridized carbons (Fsp3) is 0.543. The maximum absolute atomic E-state index is 13.3. The molecule has 1 aromatic carbocycles. The molecule has 3 N–H and O–H groups in total. The van der Waals surface area contributed by atoms with Crippen molar-refractivity contribution in [3.63, 3.8) is 0 Å². The molecule has 3 heterocycles. The van der Waals surface area contributed by atoms with E-state index < -0.39 is 42.1 Å². The van der Waals surface area contributed by atoms with Crippen molar-refractivity contribution < 1.29 is 33.4 Å². The number of benzene rings is 1. The number of aromatic nitrogens is 1. The highest BCUT2D eigenvalue weighted by Crippen LogP contribution is 2.21. The quantitative estimate of drug-likeness (QED) is 0.420. The van der Waals surface area contributed by atoms with E-state index in [4.69, 9.17) is 14.5 Å². The van der Waals surface area contributed by atoms with Crippen molar-refractivity contribution in [1.82, 2.24) is 26.1 Å². The number of hydrogen-bond donors (Lipinski definition) is 3. The molecule has 2 aliphatic rings. The number of carbonyl (C=O) groups is 5. The Morgan fingerprint density at radius 1 is 1.02 bits per heavy atom. The van der Waals surface area contributed by atoms with Crippen molar-refractivity contribution in [3.8, 4) is 0 Å². The Hall–Kier alpha value is -4.32. The van der Waals surface area contributed by atoms with Gasteiger partial charge in [-0.3, -0.25) is 34.0 Å². The van der Waals surface area contributed by atoms with Gasteiger partial charge in [0.1, 0.15) is 18.2 Å². The van der Waals surface area contributed by atoms with Gasteiger partial charge in [0, 0.05) is 24.8 Å². The van der Waals surface area contributed by atoms with Gasteiger partial charge in [-0.15, -0.1) is 0 Å². The van der Waals surface area contributed by atoms with Crippen LogP contribution in [0.4, 0.5) is 0 Å². The fourth-order valence-corrected chi connectivity index (χ4v) is 5.61. The average molecular weight is 650 g/mol. The number of carbonyl (C=O) groups excluding carboxylic acids is 5. The number of ether oxygens (including phenoxy) is 2. The topological polar surface area (TPSA) is 156 Å². The summed E-state index contributed by atoms with van der Waals surface area (Å²) < 4.78 is 11.2. The molecule has 3 amide bonds. The second kappa shape index (κ2) is 16.5. The van der Waals surface area contributed by atoms with Crippen LogP contribution in [0.25, 0.3) is 17.0 Å². The van der Waals surface area contributed by atoms with E-state index in [0.29, 0.717) is 37.9 Å². The zero-order valence-electron chi connectivity index (χ0n) is 27.9. The second-order valence-electron chi connectivity index (χ2n) is 12.6. The molecule has 1 saturated heterocycles.